The topological polar surface area (TPSA) is 79.3 Å². The Labute approximate surface area is 192 Å². The van der Waals surface area contributed by atoms with Crippen molar-refractivity contribution >= 4 is 40.8 Å². The molecule has 0 bridgehead atoms. The van der Waals surface area contributed by atoms with Crippen molar-refractivity contribution in [2.75, 3.05) is 5.32 Å². The van der Waals surface area contributed by atoms with Gasteiger partial charge in [-0.15, -0.1) is 0 Å². The minimum absolute atomic E-state index is 0.117. The van der Waals surface area contributed by atoms with Crippen LogP contribution in [0, 0.1) is 0 Å². The lowest BCUT2D eigenvalue weighted by Gasteiger charge is -2.11. The molecular weight excluding hydrogens is 424 g/mol. The van der Waals surface area contributed by atoms with E-state index in [-0.39, 0.29) is 12.3 Å². The Morgan fingerprint density at radius 1 is 1.03 bits per heavy atom. The van der Waals surface area contributed by atoms with Crippen LogP contribution in [0.5, 0.6) is 0 Å². The van der Waals surface area contributed by atoms with Crippen molar-refractivity contribution in [3.63, 3.8) is 0 Å². The number of nitrogens with zero attached hydrogens (tertiary/aromatic N) is 1. The van der Waals surface area contributed by atoms with Gasteiger partial charge in [0.2, 0.25) is 5.91 Å². The summed E-state index contributed by atoms with van der Waals surface area (Å²) in [5.41, 5.74) is 4.26. The Hall–Kier alpha value is -3.70. The molecule has 6 heteroatoms. The van der Waals surface area contributed by atoms with Crippen molar-refractivity contribution < 1.29 is 14.7 Å². The van der Waals surface area contributed by atoms with Crippen molar-refractivity contribution in [1.82, 2.24) is 4.98 Å². The lowest BCUT2D eigenvalue weighted by Crippen LogP contribution is -2.08. The number of carbonyl (C=O) groups excluding carboxylic acids is 1. The van der Waals surface area contributed by atoms with E-state index in [2.05, 4.69) is 10.3 Å². The first-order valence-corrected chi connectivity index (χ1v) is 10.6. The van der Waals surface area contributed by atoms with Gasteiger partial charge < -0.3 is 10.4 Å². The Morgan fingerprint density at radius 2 is 1.84 bits per heavy atom. The third-order valence-electron chi connectivity index (χ3n) is 4.63. The van der Waals surface area contributed by atoms with Gasteiger partial charge in [0.05, 0.1) is 0 Å². The number of halogens is 1. The number of pyridine rings is 1. The van der Waals surface area contributed by atoms with Crippen LogP contribution in [-0.4, -0.2) is 22.0 Å². The van der Waals surface area contributed by atoms with E-state index in [9.17, 15) is 9.59 Å². The minimum Gasteiger partial charge on any atom is -0.481 e. The molecule has 32 heavy (non-hydrogen) atoms. The molecule has 0 unspecified atom stereocenters. The molecule has 0 saturated carbocycles. The summed E-state index contributed by atoms with van der Waals surface area (Å²) in [7, 11) is 0. The van der Waals surface area contributed by atoms with Crippen LogP contribution in [0.25, 0.3) is 11.6 Å². The lowest BCUT2D eigenvalue weighted by molar-refractivity contribution is -0.137. The van der Waals surface area contributed by atoms with Crippen LogP contribution in [0.2, 0.25) is 5.02 Å². The molecule has 2 N–H and O–H groups in total. The summed E-state index contributed by atoms with van der Waals surface area (Å²) in [4.78, 5) is 27.4. The van der Waals surface area contributed by atoms with Crippen LogP contribution in [-0.2, 0) is 9.59 Å². The van der Waals surface area contributed by atoms with Crippen LogP contribution in [0.3, 0.4) is 0 Å². The van der Waals surface area contributed by atoms with E-state index in [1.165, 1.54) is 6.08 Å². The van der Waals surface area contributed by atoms with Gasteiger partial charge in [0.1, 0.15) is 0 Å². The molecule has 3 rings (SSSR count). The van der Waals surface area contributed by atoms with Gasteiger partial charge in [0.15, 0.2) is 0 Å². The molecule has 0 aliphatic carbocycles. The molecule has 0 radical (unpaired) electrons. The minimum atomic E-state index is -0.808. The van der Waals surface area contributed by atoms with Crippen molar-refractivity contribution in [3.8, 4) is 0 Å². The van der Waals surface area contributed by atoms with Crippen molar-refractivity contribution in [2.45, 2.75) is 19.3 Å². The van der Waals surface area contributed by atoms with Crippen molar-refractivity contribution in [2.24, 2.45) is 0 Å². The van der Waals surface area contributed by atoms with Crippen LogP contribution in [0.1, 0.15) is 36.0 Å². The SMILES string of the molecule is O=C(O)CCCC=C(c1cccnc1)c1cccc(NC(=O)/C=C/c2cccc(Cl)c2)c1. The molecular formula is C26H23ClN2O3. The quantitative estimate of drug-likeness (QED) is 0.308. The molecule has 0 aliphatic heterocycles. The van der Waals surface area contributed by atoms with Crippen molar-refractivity contribution in [3.05, 3.63) is 107 Å². The second kappa shape index (κ2) is 11.6. The molecule has 5 nitrogen and oxygen atoms in total. The first-order valence-electron chi connectivity index (χ1n) is 10.2. The molecule has 0 spiro atoms. The summed E-state index contributed by atoms with van der Waals surface area (Å²) in [6, 6.07) is 18.6. The fraction of sp³-hybridized carbons (Fsp3) is 0.115. The van der Waals surface area contributed by atoms with Gasteiger partial charge in [-0.1, -0.05) is 48.0 Å². The van der Waals surface area contributed by atoms with Crippen LogP contribution < -0.4 is 5.32 Å². The van der Waals surface area contributed by atoms with E-state index in [0.29, 0.717) is 23.6 Å². The highest BCUT2D eigenvalue weighted by Gasteiger charge is 2.08. The maximum Gasteiger partial charge on any atom is 0.303 e. The number of carbonyl (C=O) groups is 2. The first-order chi connectivity index (χ1) is 15.5. The summed E-state index contributed by atoms with van der Waals surface area (Å²) < 4.78 is 0. The number of aliphatic carboxylic acids is 1. The first kappa shape index (κ1) is 23.0. The number of hydrogen-bond donors (Lipinski definition) is 2. The third kappa shape index (κ3) is 7.22. The van der Waals surface area contributed by atoms with Gasteiger partial charge in [-0.3, -0.25) is 14.6 Å². The fourth-order valence-electron chi connectivity index (χ4n) is 3.15. The van der Waals surface area contributed by atoms with E-state index in [0.717, 1.165) is 22.3 Å². The number of carboxylic acid groups (broad SMARTS) is 1. The van der Waals surface area contributed by atoms with E-state index >= 15 is 0 Å². The average molecular weight is 447 g/mol. The van der Waals surface area contributed by atoms with E-state index in [1.807, 2.05) is 54.6 Å². The van der Waals surface area contributed by atoms with Gasteiger partial charge >= 0.3 is 5.97 Å². The van der Waals surface area contributed by atoms with Crippen molar-refractivity contribution in [1.29, 1.82) is 0 Å². The second-order valence-corrected chi connectivity index (χ2v) is 7.54. The van der Waals surface area contributed by atoms with Gasteiger partial charge in [0, 0.05) is 41.2 Å². The fourth-order valence-corrected chi connectivity index (χ4v) is 3.35. The number of nitrogens with one attached hydrogen (secondary N) is 1. The molecule has 0 saturated heterocycles. The maximum absolute atomic E-state index is 12.4. The van der Waals surface area contributed by atoms with Gasteiger partial charge in [-0.25, -0.2) is 0 Å². The second-order valence-electron chi connectivity index (χ2n) is 7.10. The average Bonchev–Trinajstić information content (AvgIpc) is 2.78. The number of anilines is 1. The predicted octanol–water partition coefficient (Wildman–Crippen LogP) is 6.07. The number of carboxylic acids is 1. The normalized spacial score (nSPS) is 11.5. The molecule has 0 atom stereocenters. The van der Waals surface area contributed by atoms with Gasteiger partial charge in [-0.05, 0) is 65.9 Å². The molecule has 1 amide bonds. The monoisotopic (exact) mass is 446 g/mol. The number of aromatic nitrogens is 1. The zero-order chi connectivity index (χ0) is 22.8. The highest BCUT2D eigenvalue weighted by atomic mass is 35.5. The summed E-state index contributed by atoms with van der Waals surface area (Å²) in [6.07, 6.45) is 9.93. The molecule has 1 heterocycles. The Kier molecular flexibility index (Phi) is 8.35. The predicted molar refractivity (Wildman–Crippen MR) is 128 cm³/mol. The van der Waals surface area contributed by atoms with E-state index < -0.39 is 5.97 Å². The zero-order valence-electron chi connectivity index (χ0n) is 17.4. The third-order valence-corrected chi connectivity index (χ3v) is 4.87. The van der Waals surface area contributed by atoms with E-state index in [1.54, 1.807) is 30.6 Å². The van der Waals surface area contributed by atoms with Crippen LogP contribution >= 0.6 is 11.6 Å². The summed E-state index contributed by atoms with van der Waals surface area (Å²) >= 11 is 5.98. The number of rotatable bonds is 9. The maximum atomic E-state index is 12.4. The van der Waals surface area contributed by atoms with Crippen LogP contribution in [0.15, 0.2) is 85.2 Å². The standard InChI is InChI=1S/C26H23ClN2O3/c27-22-9-3-6-19(16-22)13-14-25(30)29-23-10-4-7-20(17-23)24(11-1-2-12-26(31)32)21-8-5-15-28-18-21/h3-11,13-18H,1-2,12H2,(H,29,30)(H,31,32)/b14-13+,24-11?. The molecule has 162 valence electrons. The number of allylic oxidation sites excluding steroid dienone is 1. The van der Waals surface area contributed by atoms with Gasteiger partial charge in [0.25, 0.3) is 0 Å². The smallest absolute Gasteiger partial charge is 0.303 e. The molecule has 3 aromatic rings. The number of benzene rings is 2. The summed E-state index contributed by atoms with van der Waals surface area (Å²) in [5, 5.41) is 12.4. The highest BCUT2D eigenvalue weighted by Crippen LogP contribution is 2.26. The number of unbranched alkanes of at least 4 members (excludes halogenated alkanes) is 1. The highest BCUT2D eigenvalue weighted by molar-refractivity contribution is 6.30. The van der Waals surface area contributed by atoms with Crippen LogP contribution in [0.4, 0.5) is 5.69 Å². The Bertz CT molecular complexity index is 1140. The lowest BCUT2D eigenvalue weighted by atomic mass is 9.97. The summed E-state index contributed by atoms with van der Waals surface area (Å²) in [6.45, 7) is 0. The van der Waals surface area contributed by atoms with Gasteiger partial charge in [-0.2, -0.15) is 0 Å². The largest absolute Gasteiger partial charge is 0.481 e. The molecule has 2 aromatic carbocycles. The Balaban J connectivity index is 1.77. The summed E-state index contributed by atoms with van der Waals surface area (Å²) in [5.74, 6) is -1.06. The number of amides is 1. The molecule has 0 aliphatic rings. The molecule has 1 aromatic heterocycles. The number of hydrogen-bond acceptors (Lipinski definition) is 3. The Morgan fingerprint density at radius 3 is 2.59 bits per heavy atom. The molecule has 0 fully saturated rings. The van der Waals surface area contributed by atoms with E-state index in [4.69, 9.17) is 16.7 Å². The zero-order valence-corrected chi connectivity index (χ0v) is 18.1.